The summed E-state index contributed by atoms with van der Waals surface area (Å²) in [7, 11) is 0. The predicted octanol–water partition coefficient (Wildman–Crippen LogP) is 8.41. The summed E-state index contributed by atoms with van der Waals surface area (Å²) in [6, 6.07) is 49.4. The van der Waals surface area contributed by atoms with E-state index in [4.69, 9.17) is 23.7 Å². The minimum atomic E-state index is -0.456. The highest BCUT2D eigenvalue weighted by Crippen LogP contribution is 2.38. The van der Waals surface area contributed by atoms with Crippen LogP contribution in [-0.4, -0.2) is 31.0 Å². The Labute approximate surface area is 272 Å². The van der Waals surface area contributed by atoms with E-state index in [2.05, 4.69) is 79.7 Å². The molecule has 0 N–H and O–H groups in total. The van der Waals surface area contributed by atoms with Gasteiger partial charge in [-0.1, -0.05) is 151 Å². The van der Waals surface area contributed by atoms with Crippen molar-refractivity contribution < 1.29 is 23.7 Å². The van der Waals surface area contributed by atoms with Crippen LogP contribution < -0.4 is 0 Å². The summed E-state index contributed by atoms with van der Waals surface area (Å²) in [5.74, 6) is 0. The van der Waals surface area contributed by atoms with Crippen LogP contribution in [0.2, 0.25) is 0 Å². The number of hydrogen-bond acceptors (Lipinski definition) is 5. The Hall–Kier alpha value is -4.10. The summed E-state index contributed by atoms with van der Waals surface area (Å²) < 4.78 is 33.7. The first-order valence-corrected chi connectivity index (χ1v) is 16.0. The van der Waals surface area contributed by atoms with Crippen LogP contribution in [0.4, 0.5) is 0 Å². The van der Waals surface area contributed by atoms with Gasteiger partial charge in [-0.3, -0.25) is 0 Å². The third-order valence-corrected chi connectivity index (χ3v) is 8.29. The number of rotatable bonds is 14. The second-order valence-corrected chi connectivity index (χ2v) is 11.8. The van der Waals surface area contributed by atoms with Crippen LogP contribution in [-0.2, 0) is 50.1 Å². The Bertz CT molecular complexity index is 1560. The molecule has 5 aromatic carbocycles. The highest BCUT2D eigenvalue weighted by Gasteiger charge is 2.49. The second-order valence-electron chi connectivity index (χ2n) is 11.8. The van der Waals surface area contributed by atoms with Crippen molar-refractivity contribution >= 4 is 0 Å². The fraction of sp³-hybridized carbons (Fsp3) is 0.268. The summed E-state index contributed by atoms with van der Waals surface area (Å²) >= 11 is 0. The number of benzene rings is 5. The summed E-state index contributed by atoms with van der Waals surface area (Å²) in [6.45, 7) is 4.16. The van der Waals surface area contributed by atoms with Crippen LogP contribution in [0.25, 0.3) is 0 Å². The lowest BCUT2D eigenvalue weighted by Gasteiger charge is -2.46. The molecule has 0 radical (unpaired) electrons. The van der Waals surface area contributed by atoms with E-state index in [-0.39, 0.29) is 0 Å². The third-order valence-electron chi connectivity index (χ3n) is 8.29. The molecule has 0 saturated carbocycles. The van der Waals surface area contributed by atoms with Crippen LogP contribution >= 0.6 is 0 Å². The third kappa shape index (κ3) is 8.79. The van der Waals surface area contributed by atoms with Gasteiger partial charge in [-0.2, -0.15) is 0 Å². The van der Waals surface area contributed by atoms with Gasteiger partial charge in [0.2, 0.25) is 0 Å². The van der Waals surface area contributed by atoms with Gasteiger partial charge in [0.25, 0.3) is 0 Å². The van der Waals surface area contributed by atoms with Gasteiger partial charge in [0.05, 0.1) is 33.0 Å². The van der Waals surface area contributed by atoms with Gasteiger partial charge in [-0.25, -0.2) is 0 Å². The Kier molecular flexibility index (Phi) is 11.4. The summed E-state index contributed by atoms with van der Waals surface area (Å²) in [5.41, 5.74) is 6.58. The molecule has 5 heteroatoms. The molecule has 0 amide bonds. The highest BCUT2D eigenvalue weighted by molar-refractivity contribution is 5.26. The molecule has 6 rings (SSSR count). The largest absolute Gasteiger partial charge is 0.374 e. The quantitative estimate of drug-likeness (QED) is 0.126. The molecule has 1 aliphatic rings. The molecule has 5 aromatic rings. The van der Waals surface area contributed by atoms with E-state index in [0.717, 1.165) is 27.8 Å². The maximum Gasteiger partial charge on any atom is 0.117 e. The lowest BCUT2D eigenvalue weighted by Crippen LogP contribution is -2.58. The average Bonchev–Trinajstić information content (AvgIpc) is 3.11. The van der Waals surface area contributed by atoms with Gasteiger partial charge in [-0.05, 0) is 34.7 Å². The second kappa shape index (κ2) is 16.5. The predicted molar refractivity (Wildman–Crippen MR) is 180 cm³/mol. The minimum Gasteiger partial charge on any atom is -0.374 e. The smallest absolute Gasteiger partial charge is 0.117 e. The molecule has 5 nitrogen and oxygen atoms in total. The maximum absolute atomic E-state index is 6.98. The fourth-order valence-corrected chi connectivity index (χ4v) is 5.81. The van der Waals surface area contributed by atoms with Crippen molar-refractivity contribution in [3.8, 4) is 0 Å². The molecule has 0 aliphatic carbocycles. The van der Waals surface area contributed by atoms with E-state index in [1.54, 1.807) is 0 Å². The standard InChI is InChI=1S/C41H42O5/c1-31-22-24-36(25-23-31)38-40(44-28-34-18-10-4-11-19-34)41(45-29-35-20-12-5-13-21-35)39(43-27-33-16-8-3-9-17-33)37(46-38)30-42-26-32-14-6-2-7-15-32/h2-25,37-41H,26-30H2,1H3/t37-,38?,39-,40+,41+/m1/s1. The highest BCUT2D eigenvalue weighted by atomic mass is 16.6. The zero-order chi connectivity index (χ0) is 31.4. The van der Waals surface area contributed by atoms with Gasteiger partial charge >= 0.3 is 0 Å². The first-order valence-electron chi connectivity index (χ1n) is 16.0. The molecular formula is C41H42O5. The molecule has 1 unspecified atom stereocenters. The molecular weight excluding hydrogens is 572 g/mol. The average molecular weight is 615 g/mol. The monoisotopic (exact) mass is 614 g/mol. The van der Waals surface area contributed by atoms with Crippen molar-refractivity contribution in [3.63, 3.8) is 0 Å². The molecule has 236 valence electrons. The minimum absolute atomic E-state index is 0.341. The van der Waals surface area contributed by atoms with Crippen molar-refractivity contribution in [2.45, 2.75) is 63.9 Å². The van der Waals surface area contributed by atoms with Crippen LogP contribution in [0.1, 0.15) is 39.5 Å². The number of ether oxygens (including phenoxy) is 5. The summed E-state index contributed by atoms with van der Waals surface area (Å²) in [6.07, 6.45) is -2.15. The van der Waals surface area contributed by atoms with Gasteiger partial charge in [-0.15, -0.1) is 0 Å². The van der Waals surface area contributed by atoms with Gasteiger partial charge in [0, 0.05) is 0 Å². The van der Waals surface area contributed by atoms with Crippen molar-refractivity contribution in [3.05, 3.63) is 179 Å². The van der Waals surface area contributed by atoms with Crippen LogP contribution in [0.15, 0.2) is 146 Å². The van der Waals surface area contributed by atoms with Crippen molar-refractivity contribution in [2.75, 3.05) is 6.61 Å². The topological polar surface area (TPSA) is 46.2 Å². The molecule has 5 atom stereocenters. The Morgan fingerprint density at radius 1 is 0.457 bits per heavy atom. The Morgan fingerprint density at radius 2 is 0.870 bits per heavy atom. The molecule has 0 spiro atoms. The molecule has 0 bridgehead atoms. The summed E-state index contributed by atoms with van der Waals surface area (Å²) in [4.78, 5) is 0. The molecule has 1 saturated heterocycles. The molecule has 46 heavy (non-hydrogen) atoms. The van der Waals surface area contributed by atoms with Crippen molar-refractivity contribution in [1.82, 2.24) is 0 Å². The molecule has 0 aromatic heterocycles. The summed E-state index contributed by atoms with van der Waals surface area (Å²) in [5, 5.41) is 0. The first kappa shape index (κ1) is 31.9. The normalized spacial score (nSPS) is 21.2. The first-order chi connectivity index (χ1) is 22.7. The molecule has 1 aliphatic heterocycles. The number of hydrogen-bond donors (Lipinski definition) is 0. The van der Waals surface area contributed by atoms with Gasteiger partial charge < -0.3 is 23.7 Å². The van der Waals surface area contributed by atoms with Crippen LogP contribution in [0, 0.1) is 6.92 Å². The Morgan fingerprint density at radius 3 is 1.35 bits per heavy atom. The van der Waals surface area contributed by atoms with E-state index in [0.29, 0.717) is 33.0 Å². The van der Waals surface area contributed by atoms with E-state index in [9.17, 15) is 0 Å². The van der Waals surface area contributed by atoms with E-state index < -0.39 is 30.5 Å². The zero-order valence-corrected chi connectivity index (χ0v) is 26.3. The van der Waals surface area contributed by atoms with E-state index in [1.165, 1.54) is 5.56 Å². The van der Waals surface area contributed by atoms with E-state index >= 15 is 0 Å². The lowest BCUT2D eigenvalue weighted by atomic mass is 9.90. The van der Waals surface area contributed by atoms with Crippen molar-refractivity contribution in [2.24, 2.45) is 0 Å². The zero-order valence-electron chi connectivity index (χ0n) is 26.3. The van der Waals surface area contributed by atoms with Crippen LogP contribution in [0.5, 0.6) is 0 Å². The SMILES string of the molecule is Cc1ccc(C2O[C@H](COCc3ccccc3)[C@@H](OCc3ccccc3)[C@H](OCc3ccccc3)[C@H]2OCc2ccccc2)cc1. The van der Waals surface area contributed by atoms with Gasteiger partial charge in [0.15, 0.2) is 0 Å². The molecule has 1 fully saturated rings. The lowest BCUT2D eigenvalue weighted by molar-refractivity contribution is -0.275. The van der Waals surface area contributed by atoms with Crippen LogP contribution in [0.3, 0.4) is 0 Å². The molecule has 1 heterocycles. The van der Waals surface area contributed by atoms with Crippen molar-refractivity contribution in [1.29, 1.82) is 0 Å². The number of aryl methyl sites for hydroxylation is 1. The van der Waals surface area contributed by atoms with Gasteiger partial charge in [0.1, 0.15) is 30.5 Å². The maximum atomic E-state index is 6.98. The Balaban J connectivity index is 1.33. The fourth-order valence-electron chi connectivity index (χ4n) is 5.81. The van der Waals surface area contributed by atoms with E-state index in [1.807, 2.05) is 72.8 Å².